The zero-order chi connectivity index (χ0) is 14.6. The molecule has 0 spiro atoms. The van der Waals surface area contributed by atoms with Gasteiger partial charge < -0.3 is 5.11 Å². The van der Waals surface area contributed by atoms with E-state index in [4.69, 9.17) is 5.11 Å². The van der Waals surface area contributed by atoms with Crippen LogP contribution in [0.5, 0.6) is 0 Å². The summed E-state index contributed by atoms with van der Waals surface area (Å²) in [6.07, 6.45) is 0.922. The van der Waals surface area contributed by atoms with Crippen molar-refractivity contribution in [3.8, 4) is 0 Å². The van der Waals surface area contributed by atoms with Crippen molar-refractivity contribution in [3.05, 3.63) is 15.6 Å². The first-order valence-corrected chi connectivity index (χ1v) is 7.56. The lowest BCUT2D eigenvalue weighted by Gasteiger charge is -2.32. The van der Waals surface area contributed by atoms with E-state index in [0.717, 1.165) is 17.2 Å². The largest absolute Gasteiger partial charge is 0.481 e. The van der Waals surface area contributed by atoms with E-state index in [0.29, 0.717) is 18.5 Å². The first-order valence-electron chi connectivity index (χ1n) is 6.74. The highest BCUT2D eigenvalue weighted by molar-refractivity contribution is 7.11. The number of aryl methyl sites for hydroxylation is 2. The van der Waals surface area contributed by atoms with Crippen LogP contribution in [0.15, 0.2) is 0 Å². The van der Waals surface area contributed by atoms with Crippen LogP contribution >= 0.6 is 11.3 Å². The fourth-order valence-electron chi connectivity index (χ4n) is 2.40. The third kappa shape index (κ3) is 4.58. The van der Waals surface area contributed by atoms with E-state index in [1.165, 1.54) is 4.88 Å². The molecule has 1 aromatic heterocycles. The molecule has 1 atom stereocenters. The van der Waals surface area contributed by atoms with E-state index in [1.54, 1.807) is 11.3 Å². The van der Waals surface area contributed by atoms with Gasteiger partial charge in [-0.1, -0.05) is 0 Å². The maximum Gasteiger partial charge on any atom is 0.303 e. The van der Waals surface area contributed by atoms with Crippen molar-refractivity contribution in [1.82, 2.24) is 9.88 Å². The molecule has 0 radical (unpaired) electrons. The number of carboxylic acid groups (broad SMARTS) is 1. The third-order valence-corrected chi connectivity index (χ3v) is 4.53. The summed E-state index contributed by atoms with van der Waals surface area (Å²) in [5.74, 6) is -0.721. The summed E-state index contributed by atoms with van der Waals surface area (Å²) >= 11 is 1.74. The molecule has 0 aliphatic heterocycles. The second-order valence-corrected chi connectivity index (χ2v) is 6.42. The van der Waals surface area contributed by atoms with Crippen LogP contribution in [0.3, 0.4) is 0 Å². The van der Waals surface area contributed by atoms with Crippen LogP contribution < -0.4 is 0 Å². The maximum absolute atomic E-state index is 10.6. The fourth-order valence-corrected chi connectivity index (χ4v) is 3.40. The number of aromatic nitrogens is 1. The highest BCUT2D eigenvalue weighted by Gasteiger charge is 2.22. The average Bonchev–Trinajstić information content (AvgIpc) is 2.62. The lowest BCUT2D eigenvalue weighted by molar-refractivity contribution is -0.137. The molecule has 0 fully saturated rings. The first-order chi connectivity index (χ1) is 8.82. The van der Waals surface area contributed by atoms with Crippen molar-refractivity contribution in [2.45, 2.75) is 59.5 Å². The molecule has 108 valence electrons. The van der Waals surface area contributed by atoms with Gasteiger partial charge in [0.15, 0.2) is 0 Å². The van der Waals surface area contributed by atoms with Gasteiger partial charge in [-0.2, -0.15) is 0 Å². The number of carbonyl (C=O) groups is 1. The summed E-state index contributed by atoms with van der Waals surface area (Å²) in [7, 11) is 0. The predicted octanol–water partition coefficient (Wildman–Crippen LogP) is 3.40. The van der Waals surface area contributed by atoms with E-state index >= 15 is 0 Å². The fraction of sp³-hybridized carbons (Fsp3) is 0.714. The Balaban J connectivity index is 2.75. The number of carboxylic acids is 1. The van der Waals surface area contributed by atoms with Crippen LogP contribution in [0.2, 0.25) is 0 Å². The van der Waals surface area contributed by atoms with Crippen molar-refractivity contribution >= 4 is 17.3 Å². The Kier molecular flexibility index (Phi) is 5.94. The van der Waals surface area contributed by atoms with E-state index in [9.17, 15) is 4.79 Å². The molecule has 1 unspecified atom stereocenters. The van der Waals surface area contributed by atoms with Crippen molar-refractivity contribution in [1.29, 1.82) is 0 Å². The van der Waals surface area contributed by atoms with Crippen LogP contribution in [0.1, 0.15) is 55.2 Å². The second kappa shape index (κ2) is 7.01. The highest BCUT2D eigenvalue weighted by atomic mass is 32.1. The molecule has 4 nitrogen and oxygen atoms in total. The zero-order valence-electron chi connectivity index (χ0n) is 12.4. The van der Waals surface area contributed by atoms with Crippen molar-refractivity contribution in [2.24, 2.45) is 0 Å². The molecule has 0 aliphatic carbocycles. The highest BCUT2D eigenvalue weighted by Crippen LogP contribution is 2.30. The normalized spacial score (nSPS) is 13.2. The average molecular weight is 284 g/mol. The van der Waals surface area contributed by atoms with Gasteiger partial charge in [0.05, 0.1) is 10.7 Å². The molecule has 1 heterocycles. The van der Waals surface area contributed by atoms with Crippen molar-refractivity contribution < 1.29 is 9.90 Å². The Morgan fingerprint density at radius 2 is 2.00 bits per heavy atom. The van der Waals surface area contributed by atoms with Gasteiger partial charge in [-0.05, 0) is 47.6 Å². The summed E-state index contributed by atoms with van der Waals surface area (Å²) in [6.45, 7) is 11.4. The summed E-state index contributed by atoms with van der Waals surface area (Å²) in [4.78, 5) is 18.7. The molecule has 0 bridgehead atoms. The summed E-state index contributed by atoms with van der Waals surface area (Å²) in [6, 6.07) is 0.686. The quantitative estimate of drug-likeness (QED) is 0.834. The Bertz CT molecular complexity index is 429. The first kappa shape index (κ1) is 16.1. The number of thiazole rings is 1. The van der Waals surface area contributed by atoms with E-state index in [-0.39, 0.29) is 6.42 Å². The summed E-state index contributed by atoms with van der Waals surface area (Å²) < 4.78 is 0. The molecule has 1 rings (SSSR count). The Morgan fingerprint density at radius 1 is 1.37 bits per heavy atom. The number of nitrogens with zero attached hydrogens (tertiary/aromatic N) is 2. The summed E-state index contributed by atoms with van der Waals surface area (Å²) in [5, 5.41) is 9.83. The van der Waals surface area contributed by atoms with Gasteiger partial charge in [0.2, 0.25) is 0 Å². The molecule has 0 aliphatic rings. The molecule has 0 saturated heterocycles. The molecule has 1 aromatic rings. The number of aliphatic carboxylic acids is 1. The van der Waals surface area contributed by atoms with Crippen LogP contribution in [-0.2, 0) is 4.79 Å². The number of rotatable bonds is 7. The van der Waals surface area contributed by atoms with E-state index in [1.807, 2.05) is 13.8 Å². The van der Waals surface area contributed by atoms with Gasteiger partial charge in [-0.15, -0.1) is 11.3 Å². The Hall–Kier alpha value is -0.940. The lowest BCUT2D eigenvalue weighted by Crippen LogP contribution is -2.34. The molecule has 1 N–H and O–H groups in total. The van der Waals surface area contributed by atoms with Crippen LogP contribution in [0.25, 0.3) is 0 Å². The molecule has 0 amide bonds. The second-order valence-electron chi connectivity index (χ2n) is 5.19. The zero-order valence-corrected chi connectivity index (χ0v) is 13.3. The molecule has 0 aromatic carbocycles. The van der Waals surface area contributed by atoms with Gasteiger partial charge in [-0.25, -0.2) is 4.98 Å². The van der Waals surface area contributed by atoms with Gasteiger partial charge >= 0.3 is 5.97 Å². The SMILES string of the molecule is Cc1nc(C)c(C(C)N(CCCC(=O)O)C(C)C)s1. The molecule has 5 heteroatoms. The minimum absolute atomic E-state index is 0.233. The Morgan fingerprint density at radius 3 is 2.42 bits per heavy atom. The lowest BCUT2D eigenvalue weighted by atomic mass is 10.1. The van der Waals surface area contributed by atoms with Crippen molar-refractivity contribution in [3.63, 3.8) is 0 Å². The van der Waals surface area contributed by atoms with Crippen LogP contribution in [0.4, 0.5) is 0 Å². The van der Waals surface area contributed by atoms with E-state index in [2.05, 4.69) is 30.7 Å². The van der Waals surface area contributed by atoms with Gasteiger partial charge in [-0.3, -0.25) is 9.69 Å². The van der Waals surface area contributed by atoms with Crippen LogP contribution in [0, 0.1) is 13.8 Å². The maximum atomic E-state index is 10.6. The smallest absolute Gasteiger partial charge is 0.303 e. The molecule has 19 heavy (non-hydrogen) atoms. The molecular weight excluding hydrogens is 260 g/mol. The molecule has 0 saturated carbocycles. The Labute approximate surface area is 119 Å². The monoisotopic (exact) mass is 284 g/mol. The van der Waals surface area contributed by atoms with Gasteiger partial charge in [0.25, 0.3) is 0 Å². The third-order valence-electron chi connectivity index (χ3n) is 3.29. The van der Waals surface area contributed by atoms with Crippen molar-refractivity contribution in [2.75, 3.05) is 6.54 Å². The standard InChI is InChI=1S/C14H24N2O2S/c1-9(2)16(8-6-7-13(17)18)11(4)14-10(3)15-12(5)19-14/h9,11H,6-8H2,1-5H3,(H,17,18). The minimum Gasteiger partial charge on any atom is -0.481 e. The topological polar surface area (TPSA) is 53.4 Å². The predicted molar refractivity (Wildman–Crippen MR) is 78.7 cm³/mol. The minimum atomic E-state index is -0.721. The number of hydrogen-bond acceptors (Lipinski definition) is 4. The van der Waals surface area contributed by atoms with Crippen LogP contribution in [-0.4, -0.2) is 33.5 Å². The number of hydrogen-bond donors (Lipinski definition) is 1. The van der Waals surface area contributed by atoms with E-state index < -0.39 is 5.97 Å². The van der Waals surface area contributed by atoms with Gasteiger partial charge in [0, 0.05) is 23.4 Å². The van der Waals surface area contributed by atoms with Gasteiger partial charge in [0.1, 0.15) is 0 Å². The molecular formula is C14H24N2O2S. The summed E-state index contributed by atoms with van der Waals surface area (Å²) in [5.41, 5.74) is 1.10.